The molecule has 0 saturated heterocycles. The van der Waals surface area contributed by atoms with Crippen LogP contribution in [0.15, 0.2) is 23.8 Å². The van der Waals surface area contributed by atoms with Crippen LogP contribution in [-0.2, 0) is 29.2 Å². The zero-order chi connectivity index (χ0) is 25.1. The number of hydrogen-bond acceptors (Lipinski definition) is 8. The molecule has 188 valence electrons. The van der Waals surface area contributed by atoms with Gasteiger partial charge in [-0.15, -0.1) is 0 Å². The molecule has 0 aromatic carbocycles. The zero-order valence-electron chi connectivity index (χ0n) is 19.4. The summed E-state index contributed by atoms with van der Waals surface area (Å²) >= 11 is 0. The van der Waals surface area contributed by atoms with Gasteiger partial charge in [0.2, 0.25) is 5.78 Å². The lowest BCUT2D eigenvalue weighted by Crippen LogP contribution is -2.61. The molecule has 0 heterocycles. The van der Waals surface area contributed by atoms with Gasteiger partial charge in [0.25, 0.3) is 10.1 Å². The van der Waals surface area contributed by atoms with E-state index in [1.54, 1.807) is 12.2 Å². The van der Waals surface area contributed by atoms with Gasteiger partial charge in [-0.05, 0) is 56.1 Å². The van der Waals surface area contributed by atoms with E-state index in [1.165, 1.54) is 0 Å². The van der Waals surface area contributed by atoms with E-state index in [-0.39, 0.29) is 36.4 Å². The average molecular weight is 497 g/mol. The Labute approximate surface area is 199 Å². The van der Waals surface area contributed by atoms with Crippen LogP contribution in [0.5, 0.6) is 0 Å². The van der Waals surface area contributed by atoms with Gasteiger partial charge in [-0.25, -0.2) is 0 Å². The average Bonchev–Trinajstić information content (AvgIpc) is 3.01. The summed E-state index contributed by atoms with van der Waals surface area (Å²) in [5.41, 5.74) is -2.14. The van der Waals surface area contributed by atoms with Crippen molar-refractivity contribution in [1.29, 1.82) is 0 Å². The van der Waals surface area contributed by atoms with Gasteiger partial charge in [0.05, 0.1) is 18.3 Å². The summed E-state index contributed by atoms with van der Waals surface area (Å²) in [7, 11) is -4.34. The number of carbonyl (C=O) groups excluding carboxylic acids is 3. The van der Waals surface area contributed by atoms with Crippen LogP contribution < -0.4 is 0 Å². The minimum absolute atomic E-state index is 0.0329. The molecule has 0 aromatic heterocycles. The number of aliphatic hydroxyl groups is 2. The highest BCUT2D eigenvalue weighted by Crippen LogP contribution is 2.67. The predicted octanol–water partition coefficient (Wildman–Crippen LogP) is 1.39. The first-order valence-corrected chi connectivity index (χ1v) is 13.3. The van der Waals surface area contributed by atoms with E-state index in [2.05, 4.69) is 0 Å². The lowest BCUT2D eigenvalue weighted by atomic mass is 9.46. The van der Waals surface area contributed by atoms with Crippen molar-refractivity contribution in [3.63, 3.8) is 0 Å². The lowest BCUT2D eigenvalue weighted by molar-refractivity contribution is -0.181. The second kappa shape index (κ2) is 8.36. The molecule has 34 heavy (non-hydrogen) atoms. The Morgan fingerprint density at radius 2 is 1.94 bits per heavy atom. The molecule has 0 aliphatic heterocycles. The SMILES string of the molecule is C[C@]12C=CC(=O)C=C1CC[C@@H]1[C@@H]2[C@@H](O)C[C@@]2(C)[C@H]1CC[C@]2(O)C(=O)COC(=O)CCS(=O)(=O)O. The first kappa shape index (κ1) is 25.2. The molecule has 0 aromatic rings. The molecule has 0 unspecified atom stereocenters. The molecule has 4 rings (SSSR count). The van der Waals surface area contributed by atoms with Crippen LogP contribution in [0.2, 0.25) is 0 Å². The summed E-state index contributed by atoms with van der Waals surface area (Å²) in [6.07, 6.45) is 6.14. The molecule has 3 fully saturated rings. The van der Waals surface area contributed by atoms with Gasteiger partial charge in [-0.2, -0.15) is 8.42 Å². The normalized spacial score (nSPS) is 41.2. The molecule has 9 nitrogen and oxygen atoms in total. The van der Waals surface area contributed by atoms with Gasteiger partial charge >= 0.3 is 5.97 Å². The van der Waals surface area contributed by atoms with E-state index >= 15 is 0 Å². The number of fused-ring (bicyclic) bond motifs is 5. The maximum absolute atomic E-state index is 13.1. The highest BCUT2D eigenvalue weighted by molar-refractivity contribution is 7.85. The molecule has 0 spiro atoms. The quantitative estimate of drug-likeness (QED) is 0.365. The molecule has 0 bridgehead atoms. The number of esters is 1. The van der Waals surface area contributed by atoms with Gasteiger partial charge in [0.15, 0.2) is 12.4 Å². The Hall–Kier alpha value is -1.88. The van der Waals surface area contributed by atoms with Gasteiger partial charge in [0.1, 0.15) is 5.60 Å². The molecule has 3 N–H and O–H groups in total. The Balaban J connectivity index is 1.52. The van der Waals surface area contributed by atoms with Gasteiger partial charge < -0.3 is 14.9 Å². The molecule has 4 aliphatic carbocycles. The minimum atomic E-state index is -4.34. The summed E-state index contributed by atoms with van der Waals surface area (Å²) in [5.74, 6) is -2.61. The highest BCUT2D eigenvalue weighted by Gasteiger charge is 2.68. The van der Waals surface area contributed by atoms with Crippen molar-refractivity contribution in [2.45, 2.75) is 64.1 Å². The Morgan fingerprint density at radius 3 is 2.62 bits per heavy atom. The lowest BCUT2D eigenvalue weighted by Gasteiger charge is -2.59. The van der Waals surface area contributed by atoms with Crippen molar-refractivity contribution in [3.05, 3.63) is 23.8 Å². The summed E-state index contributed by atoms with van der Waals surface area (Å²) in [6.45, 7) is 3.15. The van der Waals surface area contributed by atoms with Crippen molar-refractivity contribution in [3.8, 4) is 0 Å². The number of hydrogen-bond donors (Lipinski definition) is 3. The van der Waals surface area contributed by atoms with Gasteiger partial charge in [-0.1, -0.05) is 25.5 Å². The Kier molecular flexibility index (Phi) is 6.20. The first-order chi connectivity index (χ1) is 15.7. The maximum atomic E-state index is 13.1. The molecule has 10 heteroatoms. The number of aliphatic hydroxyl groups excluding tert-OH is 1. The zero-order valence-corrected chi connectivity index (χ0v) is 20.2. The van der Waals surface area contributed by atoms with Crippen LogP contribution in [0.1, 0.15) is 52.4 Å². The number of rotatable bonds is 6. The monoisotopic (exact) mass is 496 g/mol. The number of Topliss-reactive ketones (excluding diaryl/α,β-unsaturated/α-hetero) is 1. The second-order valence-electron chi connectivity index (χ2n) is 10.7. The smallest absolute Gasteiger partial charge is 0.307 e. The van der Waals surface area contributed by atoms with Gasteiger partial charge in [-0.3, -0.25) is 18.9 Å². The molecule has 4 aliphatic rings. The largest absolute Gasteiger partial charge is 0.458 e. The third kappa shape index (κ3) is 3.98. The highest BCUT2D eigenvalue weighted by atomic mass is 32.2. The molecule has 0 radical (unpaired) electrons. The molecular weight excluding hydrogens is 464 g/mol. The van der Waals surface area contributed by atoms with Crippen molar-refractivity contribution in [2.75, 3.05) is 12.4 Å². The predicted molar refractivity (Wildman–Crippen MR) is 120 cm³/mol. The minimum Gasteiger partial charge on any atom is -0.458 e. The van der Waals surface area contributed by atoms with Crippen molar-refractivity contribution >= 4 is 27.7 Å². The molecular formula is C24H32O9S. The number of allylic oxidation sites excluding steroid dienone is 4. The number of carbonyl (C=O) groups is 3. The third-order valence-electron chi connectivity index (χ3n) is 9.04. The van der Waals surface area contributed by atoms with Crippen LogP contribution in [0.3, 0.4) is 0 Å². The topological polar surface area (TPSA) is 155 Å². The van der Waals surface area contributed by atoms with Crippen molar-refractivity contribution in [1.82, 2.24) is 0 Å². The summed E-state index contributed by atoms with van der Waals surface area (Å²) in [6, 6.07) is 0. The summed E-state index contributed by atoms with van der Waals surface area (Å²) < 4.78 is 35.2. The maximum Gasteiger partial charge on any atom is 0.307 e. The fraction of sp³-hybridized carbons (Fsp3) is 0.708. The fourth-order valence-electron chi connectivity index (χ4n) is 7.34. The van der Waals surface area contributed by atoms with E-state index in [0.29, 0.717) is 12.8 Å². The Morgan fingerprint density at radius 1 is 1.24 bits per heavy atom. The van der Waals surface area contributed by atoms with E-state index < -0.39 is 63.2 Å². The van der Waals surface area contributed by atoms with E-state index in [1.807, 2.05) is 19.9 Å². The standard InChI is InChI=1S/C24H32O9S/c1-22-8-5-15(25)11-14(22)3-4-16-17-6-9-24(29,23(17,2)12-18(26)21(16)22)19(27)13-33-20(28)7-10-34(30,31)32/h5,8,11,16-18,21,26,29H,3-4,6-7,9-10,12-13H2,1-2H3,(H,30,31,32)/t16-,17-,18-,21+,22-,23-,24-/m0/s1. The van der Waals surface area contributed by atoms with Crippen LogP contribution >= 0.6 is 0 Å². The molecule has 7 atom stereocenters. The van der Waals surface area contributed by atoms with E-state index in [0.717, 1.165) is 12.0 Å². The van der Waals surface area contributed by atoms with Gasteiger partial charge in [0, 0.05) is 16.7 Å². The fourth-order valence-corrected chi connectivity index (χ4v) is 7.76. The van der Waals surface area contributed by atoms with Crippen LogP contribution in [0, 0.1) is 28.6 Å². The second-order valence-corrected chi connectivity index (χ2v) is 12.3. The Bertz CT molecular complexity index is 1080. The number of ether oxygens (including phenoxy) is 1. The van der Waals surface area contributed by atoms with Crippen LogP contribution in [0.25, 0.3) is 0 Å². The number of ketones is 2. The van der Waals surface area contributed by atoms with Crippen LogP contribution in [0.4, 0.5) is 0 Å². The van der Waals surface area contributed by atoms with E-state index in [4.69, 9.17) is 9.29 Å². The van der Waals surface area contributed by atoms with Crippen LogP contribution in [-0.4, -0.2) is 64.8 Å². The summed E-state index contributed by atoms with van der Waals surface area (Å²) in [4.78, 5) is 36.8. The molecule has 0 amide bonds. The summed E-state index contributed by atoms with van der Waals surface area (Å²) in [5, 5.41) is 22.9. The van der Waals surface area contributed by atoms with Crippen molar-refractivity contribution in [2.24, 2.45) is 28.6 Å². The molecule has 3 saturated carbocycles. The first-order valence-electron chi connectivity index (χ1n) is 11.7. The van der Waals surface area contributed by atoms with E-state index in [9.17, 15) is 33.0 Å². The third-order valence-corrected chi connectivity index (χ3v) is 9.76. The van der Waals surface area contributed by atoms with Crippen molar-refractivity contribution < 1.29 is 42.3 Å².